The van der Waals surface area contributed by atoms with Gasteiger partial charge in [0.1, 0.15) is 0 Å². The van der Waals surface area contributed by atoms with Gasteiger partial charge in [-0.3, -0.25) is 4.79 Å². The monoisotopic (exact) mass is 156 g/mol. The van der Waals surface area contributed by atoms with Crippen LogP contribution in [-0.4, -0.2) is 9.97 Å². The molecule has 0 atom stereocenters. The second kappa shape index (κ2) is 11.6. The SMILES string of the molecule is CC.CC.O=c1ccnc[nH]1. The van der Waals surface area contributed by atoms with E-state index in [1.54, 1.807) is 0 Å². The van der Waals surface area contributed by atoms with Crippen molar-refractivity contribution < 1.29 is 0 Å². The summed E-state index contributed by atoms with van der Waals surface area (Å²) >= 11 is 0. The van der Waals surface area contributed by atoms with Crippen LogP contribution in [0, 0.1) is 0 Å². The van der Waals surface area contributed by atoms with Crippen molar-refractivity contribution in [1.82, 2.24) is 9.97 Å². The number of aromatic amines is 1. The molecule has 0 saturated carbocycles. The van der Waals surface area contributed by atoms with Crippen molar-refractivity contribution in [1.29, 1.82) is 0 Å². The highest BCUT2D eigenvalue weighted by molar-refractivity contribution is 4.76. The van der Waals surface area contributed by atoms with Crippen molar-refractivity contribution >= 4 is 0 Å². The Morgan fingerprint density at radius 1 is 1.27 bits per heavy atom. The van der Waals surface area contributed by atoms with E-state index in [1.807, 2.05) is 27.7 Å². The lowest BCUT2D eigenvalue weighted by Crippen LogP contribution is -2.00. The summed E-state index contributed by atoms with van der Waals surface area (Å²) in [6, 6.07) is 1.36. The number of H-pyrrole nitrogens is 1. The van der Waals surface area contributed by atoms with Crippen molar-refractivity contribution in [3.05, 3.63) is 28.9 Å². The molecular weight excluding hydrogens is 140 g/mol. The van der Waals surface area contributed by atoms with Gasteiger partial charge in [0, 0.05) is 12.3 Å². The van der Waals surface area contributed by atoms with Gasteiger partial charge in [-0.1, -0.05) is 27.7 Å². The summed E-state index contributed by atoms with van der Waals surface area (Å²) in [5.41, 5.74) is -0.116. The molecule has 0 aliphatic rings. The smallest absolute Gasteiger partial charge is 0.250 e. The molecule has 3 heteroatoms. The minimum Gasteiger partial charge on any atom is -0.313 e. The summed E-state index contributed by atoms with van der Waals surface area (Å²) in [7, 11) is 0. The van der Waals surface area contributed by atoms with Gasteiger partial charge in [0.25, 0.3) is 5.56 Å². The quantitative estimate of drug-likeness (QED) is 0.622. The highest BCUT2D eigenvalue weighted by Crippen LogP contribution is 1.57. The molecule has 0 aromatic carbocycles. The van der Waals surface area contributed by atoms with Gasteiger partial charge in [-0.05, 0) is 0 Å². The highest BCUT2D eigenvalue weighted by atomic mass is 16.1. The molecule has 64 valence electrons. The molecule has 0 unspecified atom stereocenters. The zero-order valence-electron chi connectivity index (χ0n) is 7.59. The van der Waals surface area contributed by atoms with E-state index in [9.17, 15) is 4.79 Å². The molecule has 0 aliphatic heterocycles. The summed E-state index contributed by atoms with van der Waals surface area (Å²) in [4.78, 5) is 16.1. The van der Waals surface area contributed by atoms with E-state index < -0.39 is 0 Å². The second-order valence-corrected chi connectivity index (χ2v) is 1.10. The number of nitrogens with zero attached hydrogens (tertiary/aromatic N) is 1. The topological polar surface area (TPSA) is 45.8 Å². The summed E-state index contributed by atoms with van der Waals surface area (Å²) in [5, 5.41) is 0. The molecule has 0 bridgehead atoms. The maximum absolute atomic E-state index is 10.2. The highest BCUT2D eigenvalue weighted by Gasteiger charge is 1.70. The van der Waals surface area contributed by atoms with Gasteiger partial charge in [-0.2, -0.15) is 0 Å². The number of rotatable bonds is 0. The lowest BCUT2D eigenvalue weighted by molar-refractivity contribution is 1.12. The summed E-state index contributed by atoms with van der Waals surface area (Å²) in [6.07, 6.45) is 2.79. The largest absolute Gasteiger partial charge is 0.313 e. The summed E-state index contributed by atoms with van der Waals surface area (Å²) < 4.78 is 0. The molecule has 0 fully saturated rings. The van der Waals surface area contributed by atoms with Gasteiger partial charge in [0.15, 0.2) is 0 Å². The van der Waals surface area contributed by atoms with Crippen molar-refractivity contribution in [2.45, 2.75) is 27.7 Å². The van der Waals surface area contributed by atoms with Crippen molar-refractivity contribution in [3.8, 4) is 0 Å². The van der Waals surface area contributed by atoms with Crippen LogP contribution in [0.4, 0.5) is 0 Å². The Bertz CT molecular complexity index is 178. The molecule has 1 N–H and O–H groups in total. The average molecular weight is 156 g/mol. The van der Waals surface area contributed by atoms with Crippen molar-refractivity contribution in [2.24, 2.45) is 0 Å². The van der Waals surface area contributed by atoms with Crippen LogP contribution < -0.4 is 5.56 Å². The van der Waals surface area contributed by atoms with Gasteiger partial charge >= 0.3 is 0 Å². The van der Waals surface area contributed by atoms with E-state index in [2.05, 4.69) is 9.97 Å². The molecule has 0 amide bonds. The first-order valence-electron chi connectivity index (χ1n) is 3.88. The third kappa shape index (κ3) is 8.88. The zero-order valence-corrected chi connectivity index (χ0v) is 7.59. The maximum atomic E-state index is 10.2. The molecule has 1 rings (SSSR count). The lowest BCUT2D eigenvalue weighted by atomic mass is 10.7. The number of nitrogens with one attached hydrogen (secondary N) is 1. The fourth-order valence-corrected chi connectivity index (χ4v) is 0.303. The van der Waals surface area contributed by atoms with E-state index in [0.29, 0.717) is 0 Å². The minimum absolute atomic E-state index is 0.116. The minimum atomic E-state index is -0.116. The van der Waals surface area contributed by atoms with Crippen LogP contribution in [0.2, 0.25) is 0 Å². The fraction of sp³-hybridized carbons (Fsp3) is 0.500. The number of hydrogen-bond acceptors (Lipinski definition) is 2. The third-order valence-electron chi connectivity index (χ3n) is 0.593. The molecule has 3 nitrogen and oxygen atoms in total. The van der Waals surface area contributed by atoms with E-state index in [4.69, 9.17) is 0 Å². The molecule has 1 aromatic rings. The predicted octanol–water partition coefficient (Wildman–Crippen LogP) is 1.82. The van der Waals surface area contributed by atoms with Gasteiger partial charge in [0.05, 0.1) is 6.33 Å². The molecule has 0 radical (unpaired) electrons. The van der Waals surface area contributed by atoms with Gasteiger partial charge < -0.3 is 4.98 Å². The third-order valence-corrected chi connectivity index (χ3v) is 0.593. The molecule has 0 saturated heterocycles. The van der Waals surface area contributed by atoms with Gasteiger partial charge in [-0.25, -0.2) is 4.98 Å². The van der Waals surface area contributed by atoms with Crippen LogP contribution in [0.5, 0.6) is 0 Å². The molecule has 1 aromatic heterocycles. The Morgan fingerprint density at radius 3 is 2.00 bits per heavy atom. The van der Waals surface area contributed by atoms with Crippen LogP contribution in [-0.2, 0) is 0 Å². The summed E-state index contributed by atoms with van der Waals surface area (Å²) in [5.74, 6) is 0. The lowest BCUT2D eigenvalue weighted by Gasteiger charge is -1.73. The molecular formula is C8H16N2O. The summed E-state index contributed by atoms with van der Waals surface area (Å²) in [6.45, 7) is 8.00. The van der Waals surface area contributed by atoms with Gasteiger partial charge in [0.2, 0.25) is 0 Å². The van der Waals surface area contributed by atoms with Gasteiger partial charge in [-0.15, -0.1) is 0 Å². The van der Waals surface area contributed by atoms with E-state index in [1.165, 1.54) is 18.6 Å². The molecule has 1 heterocycles. The zero-order chi connectivity index (χ0) is 9.11. The van der Waals surface area contributed by atoms with Crippen molar-refractivity contribution in [3.63, 3.8) is 0 Å². The molecule has 11 heavy (non-hydrogen) atoms. The molecule has 0 spiro atoms. The Labute approximate surface area is 67.5 Å². The van der Waals surface area contributed by atoms with Crippen molar-refractivity contribution in [2.75, 3.05) is 0 Å². The standard InChI is InChI=1S/C4H4N2O.2C2H6/c7-4-1-2-5-3-6-4;2*1-2/h1-3H,(H,5,6,7);2*1-2H3. The Kier molecular flexibility index (Phi) is 13.3. The fourth-order valence-electron chi connectivity index (χ4n) is 0.303. The first-order chi connectivity index (χ1) is 5.39. The predicted molar refractivity (Wildman–Crippen MR) is 47.6 cm³/mol. The van der Waals surface area contributed by atoms with Crippen LogP contribution >= 0.6 is 0 Å². The second-order valence-electron chi connectivity index (χ2n) is 1.10. The van der Waals surface area contributed by atoms with Crippen LogP contribution in [0.15, 0.2) is 23.4 Å². The first-order valence-corrected chi connectivity index (χ1v) is 3.88. The van der Waals surface area contributed by atoms with Crippen LogP contribution in [0.3, 0.4) is 0 Å². The Hall–Kier alpha value is -1.12. The first kappa shape index (κ1) is 12.5. The average Bonchev–Trinajstić information content (AvgIpc) is 2.13. The number of hydrogen-bond donors (Lipinski definition) is 1. The van der Waals surface area contributed by atoms with E-state index >= 15 is 0 Å². The van der Waals surface area contributed by atoms with Crippen LogP contribution in [0.25, 0.3) is 0 Å². The van der Waals surface area contributed by atoms with E-state index in [-0.39, 0.29) is 5.56 Å². The molecule has 0 aliphatic carbocycles. The Balaban J connectivity index is 0. The Morgan fingerprint density at radius 2 is 1.82 bits per heavy atom. The van der Waals surface area contributed by atoms with E-state index in [0.717, 1.165) is 0 Å². The van der Waals surface area contributed by atoms with Crippen LogP contribution in [0.1, 0.15) is 27.7 Å². The normalized spacial score (nSPS) is 6.55. The number of aromatic nitrogens is 2. The maximum Gasteiger partial charge on any atom is 0.250 e.